The van der Waals surface area contributed by atoms with Crippen molar-refractivity contribution in [1.82, 2.24) is 5.32 Å². The lowest BCUT2D eigenvalue weighted by molar-refractivity contribution is 0.0401. The van der Waals surface area contributed by atoms with Gasteiger partial charge in [-0.1, -0.05) is 12.1 Å². The van der Waals surface area contributed by atoms with Gasteiger partial charge in [0.15, 0.2) is 11.6 Å². The van der Waals surface area contributed by atoms with Crippen LogP contribution in [-0.4, -0.2) is 30.1 Å². The Morgan fingerprint density at radius 1 is 1.30 bits per heavy atom. The van der Waals surface area contributed by atoms with Crippen LogP contribution in [0.25, 0.3) is 0 Å². The van der Waals surface area contributed by atoms with Crippen LogP contribution in [0.2, 0.25) is 0 Å². The standard InChI is InChI=1S/C15H20F3NO3.H2S/c1-14(2,3)22-13(21)19-15(9-16,7-8-20)10-5-4-6-11(17)12(10)18;/h4-6,20H,7-9H2,1-3H3,(H,19,21);1H2/t15-;/m1./s1. The molecule has 0 bridgehead atoms. The Labute approximate surface area is 140 Å². The second-order valence-corrected chi connectivity index (χ2v) is 5.92. The molecule has 1 aromatic rings. The molecule has 0 heterocycles. The molecular formula is C15H22F3NO3S. The van der Waals surface area contributed by atoms with Crippen LogP contribution in [0.4, 0.5) is 18.0 Å². The number of carbonyl (C=O) groups is 1. The number of alkyl carbamates (subject to hydrolysis) is 1. The van der Waals surface area contributed by atoms with Crippen molar-refractivity contribution in [3.8, 4) is 0 Å². The lowest BCUT2D eigenvalue weighted by Crippen LogP contribution is -2.50. The maximum absolute atomic E-state index is 14.0. The van der Waals surface area contributed by atoms with E-state index < -0.39 is 42.1 Å². The van der Waals surface area contributed by atoms with Gasteiger partial charge in [0.2, 0.25) is 0 Å². The molecule has 4 nitrogen and oxygen atoms in total. The first-order valence-electron chi connectivity index (χ1n) is 6.77. The van der Waals surface area contributed by atoms with Gasteiger partial charge in [0.25, 0.3) is 0 Å². The van der Waals surface area contributed by atoms with E-state index in [1.807, 2.05) is 0 Å². The number of aliphatic hydroxyl groups is 1. The van der Waals surface area contributed by atoms with Gasteiger partial charge in [0, 0.05) is 18.6 Å². The molecule has 0 saturated heterocycles. The van der Waals surface area contributed by atoms with Crippen molar-refractivity contribution in [2.24, 2.45) is 0 Å². The number of rotatable bonds is 5. The van der Waals surface area contributed by atoms with Crippen LogP contribution in [-0.2, 0) is 10.3 Å². The van der Waals surface area contributed by atoms with Crippen molar-refractivity contribution >= 4 is 19.6 Å². The average Bonchev–Trinajstić information content (AvgIpc) is 2.39. The first-order valence-corrected chi connectivity index (χ1v) is 6.77. The minimum absolute atomic E-state index is 0. The van der Waals surface area contributed by atoms with Crippen molar-refractivity contribution in [2.45, 2.75) is 38.3 Å². The van der Waals surface area contributed by atoms with Gasteiger partial charge in [-0.3, -0.25) is 0 Å². The molecule has 0 aliphatic heterocycles. The Morgan fingerprint density at radius 2 is 1.91 bits per heavy atom. The number of hydrogen-bond donors (Lipinski definition) is 2. The van der Waals surface area contributed by atoms with Crippen LogP contribution in [0.1, 0.15) is 32.8 Å². The molecule has 1 atom stereocenters. The molecule has 0 aromatic heterocycles. The molecule has 1 rings (SSSR count). The average molecular weight is 353 g/mol. The Hall–Kier alpha value is -1.41. The molecule has 0 aliphatic rings. The molecule has 1 amide bonds. The summed E-state index contributed by atoms with van der Waals surface area (Å²) >= 11 is 0. The van der Waals surface area contributed by atoms with Gasteiger partial charge in [-0.2, -0.15) is 13.5 Å². The van der Waals surface area contributed by atoms with E-state index in [0.29, 0.717) is 0 Å². The number of halogens is 3. The molecule has 0 aliphatic carbocycles. The fourth-order valence-corrected chi connectivity index (χ4v) is 2.00. The topological polar surface area (TPSA) is 58.6 Å². The maximum Gasteiger partial charge on any atom is 0.408 e. The Balaban J connectivity index is 0.00000484. The molecule has 2 N–H and O–H groups in total. The number of nitrogens with one attached hydrogen (secondary N) is 1. The van der Waals surface area contributed by atoms with Crippen molar-refractivity contribution in [2.75, 3.05) is 13.3 Å². The van der Waals surface area contributed by atoms with Gasteiger partial charge in [-0.25, -0.2) is 18.0 Å². The predicted molar refractivity (Wildman–Crippen MR) is 85.5 cm³/mol. The van der Waals surface area contributed by atoms with E-state index in [4.69, 9.17) is 9.84 Å². The second kappa shape index (κ2) is 8.44. The summed E-state index contributed by atoms with van der Waals surface area (Å²) in [7, 11) is 0. The highest BCUT2D eigenvalue weighted by Crippen LogP contribution is 2.30. The highest BCUT2D eigenvalue weighted by molar-refractivity contribution is 7.59. The summed E-state index contributed by atoms with van der Waals surface area (Å²) in [4.78, 5) is 11.9. The van der Waals surface area contributed by atoms with E-state index >= 15 is 0 Å². The summed E-state index contributed by atoms with van der Waals surface area (Å²) in [6.45, 7) is 3.07. The number of amides is 1. The normalized spacial score (nSPS) is 13.7. The van der Waals surface area contributed by atoms with Crippen LogP contribution in [0, 0.1) is 11.6 Å². The smallest absolute Gasteiger partial charge is 0.408 e. The van der Waals surface area contributed by atoms with Crippen LogP contribution in [0.5, 0.6) is 0 Å². The minimum Gasteiger partial charge on any atom is -0.444 e. The van der Waals surface area contributed by atoms with Crippen molar-refractivity contribution in [3.63, 3.8) is 0 Å². The number of carbonyl (C=O) groups excluding carboxylic acids is 1. The highest BCUT2D eigenvalue weighted by atomic mass is 32.1. The minimum atomic E-state index is -1.90. The van der Waals surface area contributed by atoms with E-state index in [9.17, 15) is 18.0 Å². The third kappa shape index (κ3) is 5.62. The molecule has 1 aromatic carbocycles. The molecule has 0 saturated carbocycles. The van der Waals surface area contributed by atoms with Crippen molar-refractivity contribution < 1.29 is 27.8 Å². The molecule has 23 heavy (non-hydrogen) atoms. The highest BCUT2D eigenvalue weighted by Gasteiger charge is 2.38. The zero-order valence-electron chi connectivity index (χ0n) is 13.3. The van der Waals surface area contributed by atoms with E-state index in [0.717, 1.165) is 12.1 Å². The summed E-state index contributed by atoms with van der Waals surface area (Å²) in [6.07, 6.45) is -1.31. The summed E-state index contributed by atoms with van der Waals surface area (Å²) < 4.78 is 46.0. The number of aliphatic hydroxyl groups excluding tert-OH is 1. The Kier molecular flexibility index (Phi) is 7.93. The van der Waals surface area contributed by atoms with E-state index in [1.54, 1.807) is 20.8 Å². The van der Waals surface area contributed by atoms with Gasteiger partial charge < -0.3 is 15.2 Å². The number of ether oxygens (including phenoxy) is 1. The monoisotopic (exact) mass is 353 g/mol. The molecule has 0 radical (unpaired) electrons. The first-order chi connectivity index (χ1) is 10.1. The summed E-state index contributed by atoms with van der Waals surface area (Å²) in [5.41, 5.74) is -3.12. The summed E-state index contributed by atoms with van der Waals surface area (Å²) in [5.74, 6) is -2.44. The van der Waals surface area contributed by atoms with E-state index in [1.165, 1.54) is 6.07 Å². The summed E-state index contributed by atoms with van der Waals surface area (Å²) in [5, 5.41) is 11.3. The zero-order chi connectivity index (χ0) is 17.0. The van der Waals surface area contributed by atoms with Crippen LogP contribution >= 0.6 is 13.5 Å². The predicted octanol–water partition coefficient (Wildman–Crippen LogP) is 3.15. The van der Waals surface area contributed by atoms with Crippen LogP contribution in [0.15, 0.2) is 18.2 Å². The number of alkyl halides is 1. The van der Waals surface area contributed by atoms with E-state index in [2.05, 4.69) is 5.32 Å². The maximum atomic E-state index is 14.0. The third-order valence-corrected chi connectivity index (χ3v) is 2.97. The van der Waals surface area contributed by atoms with Crippen LogP contribution in [0.3, 0.4) is 0 Å². The molecule has 0 unspecified atom stereocenters. The third-order valence-electron chi connectivity index (χ3n) is 2.97. The fraction of sp³-hybridized carbons (Fsp3) is 0.533. The summed E-state index contributed by atoms with van der Waals surface area (Å²) in [6, 6.07) is 3.24. The SMILES string of the molecule is CC(C)(C)OC(=O)N[C@@](CF)(CCO)c1cccc(F)c1F.S. The largest absolute Gasteiger partial charge is 0.444 e. The van der Waals surface area contributed by atoms with Crippen molar-refractivity contribution in [3.05, 3.63) is 35.4 Å². The second-order valence-electron chi connectivity index (χ2n) is 5.92. The first kappa shape index (κ1) is 21.6. The quantitative estimate of drug-likeness (QED) is 0.855. The molecular weight excluding hydrogens is 331 g/mol. The number of hydrogen-bond acceptors (Lipinski definition) is 3. The molecule has 0 spiro atoms. The molecule has 0 fully saturated rings. The van der Waals surface area contributed by atoms with Gasteiger partial charge in [-0.05, 0) is 26.8 Å². The van der Waals surface area contributed by atoms with Gasteiger partial charge >= 0.3 is 6.09 Å². The van der Waals surface area contributed by atoms with Crippen molar-refractivity contribution in [1.29, 1.82) is 0 Å². The fourth-order valence-electron chi connectivity index (χ4n) is 2.00. The van der Waals surface area contributed by atoms with Gasteiger partial charge in [0.05, 0.1) is 0 Å². The lowest BCUT2D eigenvalue weighted by atomic mass is 9.87. The van der Waals surface area contributed by atoms with E-state index in [-0.39, 0.29) is 25.5 Å². The van der Waals surface area contributed by atoms with Gasteiger partial charge in [0.1, 0.15) is 17.8 Å². The molecule has 132 valence electrons. The number of benzene rings is 1. The Bertz CT molecular complexity index is 537. The molecule has 8 heteroatoms. The van der Waals surface area contributed by atoms with Crippen LogP contribution < -0.4 is 5.32 Å². The zero-order valence-corrected chi connectivity index (χ0v) is 14.3. The van der Waals surface area contributed by atoms with Gasteiger partial charge in [-0.15, -0.1) is 0 Å². The Morgan fingerprint density at radius 3 is 2.39 bits per heavy atom. The lowest BCUT2D eigenvalue weighted by Gasteiger charge is -2.33.